The molecule has 1 unspecified atom stereocenters. The normalized spacial score (nSPS) is 20.2. The van der Waals surface area contributed by atoms with Crippen LogP contribution in [0.5, 0.6) is 0 Å². The first-order valence-corrected chi connectivity index (χ1v) is 18.0. The van der Waals surface area contributed by atoms with Gasteiger partial charge in [-0.05, 0) is 69.8 Å². The van der Waals surface area contributed by atoms with Gasteiger partial charge in [-0.1, -0.05) is 89.1 Å². The Morgan fingerprint density at radius 1 is 0.884 bits per heavy atom. The van der Waals surface area contributed by atoms with Gasteiger partial charge in [-0.3, -0.25) is 9.59 Å². The monoisotopic (exact) mass is 620 g/mol. The number of aliphatic hydroxyl groups excluding tert-OH is 2. The van der Waals surface area contributed by atoms with Gasteiger partial charge in [0, 0.05) is 0 Å². The Morgan fingerprint density at radius 3 is 2.05 bits per heavy atom. The van der Waals surface area contributed by atoms with Crippen molar-refractivity contribution in [2.24, 2.45) is 23.7 Å². The summed E-state index contributed by atoms with van der Waals surface area (Å²) in [6.45, 7) is 8.87. The average Bonchev–Trinajstić information content (AvgIpc) is 3.75. The summed E-state index contributed by atoms with van der Waals surface area (Å²) in [5.41, 5.74) is 0.852. The molecule has 43 heavy (non-hydrogen) atoms. The molecule has 244 valence electrons. The van der Waals surface area contributed by atoms with E-state index in [0.717, 1.165) is 44.1 Å². The molecular weight excluding hydrogens is 564 g/mol. The van der Waals surface area contributed by atoms with E-state index in [9.17, 15) is 28.2 Å². The lowest BCUT2D eigenvalue weighted by atomic mass is 9.82. The van der Waals surface area contributed by atoms with Crippen molar-refractivity contribution in [3.63, 3.8) is 0 Å². The van der Waals surface area contributed by atoms with Crippen LogP contribution in [-0.2, 0) is 25.8 Å². The van der Waals surface area contributed by atoms with Crippen LogP contribution < -0.4 is 10.6 Å². The summed E-state index contributed by atoms with van der Waals surface area (Å²) in [6, 6.07) is 7.85. The number of rotatable bonds is 16. The van der Waals surface area contributed by atoms with E-state index in [1.54, 1.807) is 20.8 Å². The highest BCUT2D eigenvalue weighted by atomic mass is 32.2. The van der Waals surface area contributed by atoms with Crippen LogP contribution in [0.1, 0.15) is 104 Å². The average molecular weight is 621 g/mol. The summed E-state index contributed by atoms with van der Waals surface area (Å²) >= 11 is 0. The number of nitrogens with one attached hydrogen (secondary N) is 2. The summed E-state index contributed by atoms with van der Waals surface area (Å²) in [5.74, 6) is -1.17. The van der Waals surface area contributed by atoms with Crippen molar-refractivity contribution >= 4 is 21.7 Å². The lowest BCUT2D eigenvalue weighted by molar-refractivity contribution is -0.132. The molecule has 0 saturated heterocycles. The number of benzene rings is 1. The fraction of sp³-hybridized carbons (Fsp3) is 0.765. The third-order valence-electron chi connectivity index (χ3n) is 9.11. The van der Waals surface area contributed by atoms with Crippen molar-refractivity contribution in [1.82, 2.24) is 10.6 Å². The smallest absolute Gasteiger partial charge is 0.242 e. The molecule has 2 saturated carbocycles. The molecular formula is C34H56N2O6S. The zero-order valence-corrected chi connectivity index (χ0v) is 27.7. The molecule has 0 spiro atoms. The van der Waals surface area contributed by atoms with Crippen LogP contribution in [0.15, 0.2) is 30.3 Å². The summed E-state index contributed by atoms with van der Waals surface area (Å²) in [5, 5.41) is 28.0. The maximum absolute atomic E-state index is 13.8. The Labute approximate surface area is 259 Å². The van der Waals surface area contributed by atoms with E-state index in [1.807, 2.05) is 44.2 Å². The number of hydrogen-bond donors (Lipinski definition) is 4. The van der Waals surface area contributed by atoms with Gasteiger partial charge in [0.2, 0.25) is 11.8 Å². The van der Waals surface area contributed by atoms with Crippen LogP contribution in [0.2, 0.25) is 0 Å². The molecule has 0 aromatic heterocycles. The van der Waals surface area contributed by atoms with Crippen LogP contribution in [0.3, 0.4) is 0 Å². The number of amides is 2. The Morgan fingerprint density at radius 2 is 1.49 bits per heavy atom. The number of carbonyl (C=O) groups is 2. The van der Waals surface area contributed by atoms with Gasteiger partial charge in [0.15, 0.2) is 9.84 Å². The van der Waals surface area contributed by atoms with Gasteiger partial charge in [0.05, 0.1) is 28.6 Å². The largest absolute Gasteiger partial charge is 0.390 e. The van der Waals surface area contributed by atoms with Crippen molar-refractivity contribution in [1.29, 1.82) is 0 Å². The minimum Gasteiger partial charge on any atom is -0.390 e. The quantitative estimate of drug-likeness (QED) is 0.214. The molecule has 2 amide bonds. The highest BCUT2D eigenvalue weighted by Gasteiger charge is 2.38. The standard InChI is InChI=1S/C34H56N2O6S/c1-23(2)18-30(37)31(38)28(20-25-14-10-7-11-15-25)35-33(40)29(21-26-16-17-26)36-32(39)27(19-24-12-8-6-9-13-24)22-43(41,42)34(3,4)5/h6,8-9,12-13,23,25-31,37-38H,7,10-11,14-22H2,1-5H3,(H,35,40)(H,36,39)/t27?,28-,29+,30-,31+/m0/s1. The molecule has 1 aromatic rings. The first-order chi connectivity index (χ1) is 20.2. The van der Waals surface area contributed by atoms with Gasteiger partial charge in [-0.2, -0.15) is 0 Å². The highest BCUT2D eigenvalue weighted by molar-refractivity contribution is 7.92. The van der Waals surface area contributed by atoms with Gasteiger partial charge >= 0.3 is 0 Å². The van der Waals surface area contributed by atoms with Crippen LogP contribution in [0, 0.1) is 23.7 Å². The molecule has 9 heteroatoms. The molecule has 2 aliphatic carbocycles. The molecule has 3 rings (SSSR count). The van der Waals surface area contributed by atoms with Gasteiger partial charge in [-0.15, -0.1) is 0 Å². The maximum Gasteiger partial charge on any atom is 0.242 e. The van der Waals surface area contributed by atoms with E-state index in [1.165, 1.54) is 6.42 Å². The lowest BCUT2D eigenvalue weighted by Gasteiger charge is -2.34. The minimum atomic E-state index is -3.62. The SMILES string of the molecule is CC(C)C[C@H](O)[C@H](O)[C@H](CC1CCCCC1)NC(=O)[C@@H](CC1CC1)NC(=O)C(Cc1ccccc1)CS(=O)(=O)C(C)(C)C. The molecule has 2 fully saturated rings. The summed E-state index contributed by atoms with van der Waals surface area (Å²) < 4.78 is 25.4. The summed E-state index contributed by atoms with van der Waals surface area (Å²) in [6.07, 6.45) is 7.07. The van der Waals surface area contributed by atoms with Gasteiger partial charge in [-0.25, -0.2) is 8.42 Å². The maximum atomic E-state index is 13.8. The van der Waals surface area contributed by atoms with E-state index < -0.39 is 50.7 Å². The summed E-state index contributed by atoms with van der Waals surface area (Å²) in [7, 11) is -3.62. The Hall–Kier alpha value is -1.97. The Bertz CT molecular complexity index is 1120. The van der Waals surface area contributed by atoms with Crippen LogP contribution in [0.25, 0.3) is 0 Å². The second-order valence-electron chi connectivity index (χ2n) is 14.6. The van der Waals surface area contributed by atoms with Crippen molar-refractivity contribution < 1.29 is 28.2 Å². The number of sulfone groups is 1. The van der Waals surface area contributed by atoms with Gasteiger partial charge < -0.3 is 20.8 Å². The third-order valence-corrected chi connectivity index (χ3v) is 11.8. The second-order valence-corrected chi connectivity index (χ2v) is 17.4. The van der Waals surface area contributed by atoms with Crippen molar-refractivity contribution in [2.45, 2.75) is 134 Å². The van der Waals surface area contributed by atoms with Crippen LogP contribution >= 0.6 is 0 Å². The number of hydrogen-bond acceptors (Lipinski definition) is 6. The Balaban J connectivity index is 1.80. The van der Waals surface area contributed by atoms with Gasteiger partial charge in [0.25, 0.3) is 0 Å². The van der Waals surface area contributed by atoms with Crippen molar-refractivity contribution in [3.8, 4) is 0 Å². The molecule has 5 atom stereocenters. The molecule has 0 radical (unpaired) electrons. The molecule has 0 aliphatic heterocycles. The molecule has 0 bridgehead atoms. The van der Waals surface area contributed by atoms with E-state index in [4.69, 9.17) is 0 Å². The van der Waals surface area contributed by atoms with E-state index in [0.29, 0.717) is 31.1 Å². The predicted octanol–water partition coefficient (Wildman–Crippen LogP) is 4.57. The zero-order chi connectivity index (χ0) is 31.8. The molecule has 8 nitrogen and oxygen atoms in total. The highest BCUT2D eigenvalue weighted by Crippen LogP contribution is 2.34. The topological polar surface area (TPSA) is 133 Å². The fourth-order valence-electron chi connectivity index (χ4n) is 6.09. The molecule has 0 heterocycles. The van der Waals surface area contributed by atoms with Crippen LogP contribution in [0.4, 0.5) is 0 Å². The van der Waals surface area contributed by atoms with E-state index >= 15 is 0 Å². The summed E-state index contributed by atoms with van der Waals surface area (Å²) in [4.78, 5) is 27.6. The fourth-order valence-corrected chi connectivity index (χ4v) is 7.39. The zero-order valence-electron chi connectivity index (χ0n) is 26.9. The Kier molecular flexibility index (Phi) is 13.1. The van der Waals surface area contributed by atoms with Crippen molar-refractivity contribution in [2.75, 3.05) is 5.75 Å². The first-order valence-electron chi connectivity index (χ1n) is 16.4. The third kappa shape index (κ3) is 11.5. The van der Waals surface area contributed by atoms with Crippen molar-refractivity contribution in [3.05, 3.63) is 35.9 Å². The lowest BCUT2D eigenvalue weighted by Crippen LogP contribution is -2.56. The molecule has 1 aromatic carbocycles. The predicted molar refractivity (Wildman–Crippen MR) is 171 cm³/mol. The van der Waals surface area contributed by atoms with Gasteiger partial charge in [0.1, 0.15) is 12.1 Å². The minimum absolute atomic E-state index is 0.184. The second kappa shape index (κ2) is 15.8. The molecule has 2 aliphatic rings. The number of aliphatic hydroxyl groups is 2. The van der Waals surface area contributed by atoms with Crippen LogP contribution in [-0.4, -0.2) is 65.2 Å². The van der Waals surface area contributed by atoms with E-state index in [2.05, 4.69) is 10.6 Å². The molecule has 4 N–H and O–H groups in total. The first kappa shape index (κ1) is 35.5. The van der Waals surface area contributed by atoms with E-state index in [-0.39, 0.29) is 24.0 Å². The number of carbonyl (C=O) groups excluding carboxylic acids is 2.